The van der Waals surface area contributed by atoms with Gasteiger partial charge in [0.1, 0.15) is 17.5 Å². The Balaban J connectivity index is 1.24. The van der Waals surface area contributed by atoms with Gasteiger partial charge in [0.15, 0.2) is 0 Å². The molecule has 4 heterocycles. The molecule has 1 unspecified atom stereocenters. The van der Waals surface area contributed by atoms with E-state index in [1.165, 1.54) is 24.3 Å². The molecule has 7 rings (SSSR count). The van der Waals surface area contributed by atoms with Gasteiger partial charge in [-0.25, -0.2) is 18.0 Å². The molecule has 2 fully saturated rings. The number of alkyl carbamates (subject to hydrolysis) is 1. The number of carbonyl (C=O) groups excluding carboxylic acids is 2. The van der Waals surface area contributed by atoms with Crippen LogP contribution in [0.4, 0.5) is 42.8 Å². The summed E-state index contributed by atoms with van der Waals surface area (Å²) >= 11 is 0. The maximum atomic E-state index is 16.0. The highest BCUT2D eigenvalue weighted by Gasteiger charge is 2.49. The standard InChI is InChI=1S/C33H31F6N7O6/c1-30(2,3)51-29(48)40-22-14-32(35,36)20-13-21(34)19(25-42-43-28(50-25)45-10-11-49-31(16-45)8-9-31)12-23(20)46(26(22)47)15-17-4-6-18(7-5-17)24-41-27(52-44-24)33(37,38)39/h4-7,12-13,22H,8-11,14-16H2,1-3H3,(H,40,48). The molecule has 1 N–H and O–H groups in total. The average molecular weight is 736 g/mol. The maximum absolute atomic E-state index is 16.0. The number of benzene rings is 2. The summed E-state index contributed by atoms with van der Waals surface area (Å²) in [7, 11) is 0. The summed E-state index contributed by atoms with van der Waals surface area (Å²) in [4.78, 5) is 32.9. The molecule has 52 heavy (non-hydrogen) atoms. The number of aromatic nitrogens is 4. The first-order chi connectivity index (χ1) is 24.4. The summed E-state index contributed by atoms with van der Waals surface area (Å²) in [5.41, 5.74) is -2.48. The molecule has 0 radical (unpaired) electrons. The zero-order valence-corrected chi connectivity index (χ0v) is 27.9. The highest BCUT2D eigenvalue weighted by atomic mass is 19.4. The smallest absolute Gasteiger partial charge is 0.444 e. The van der Waals surface area contributed by atoms with Crippen molar-refractivity contribution < 1.29 is 54.3 Å². The second-order valence-corrected chi connectivity index (χ2v) is 13.8. The summed E-state index contributed by atoms with van der Waals surface area (Å²) in [6.45, 7) is 5.59. The topological polar surface area (TPSA) is 149 Å². The number of nitrogens with one attached hydrogen (secondary N) is 1. The number of rotatable bonds is 6. The van der Waals surface area contributed by atoms with E-state index in [0.29, 0.717) is 31.3 Å². The fourth-order valence-corrected chi connectivity index (χ4v) is 6.03. The van der Waals surface area contributed by atoms with Crippen LogP contribution < -0.4 is 15.1 Å². The second kappa shape index (κ2) is 12.5. The van der Waals surface area contributed by atoms with Crippen molar-refractivity contribution in [2.75, 3.05) is 29.5 Å². The number of carbonyl (C=O) groups is 2. The normalized spacial score (nSPS) is 19.7. The number of alkyl halides is 5. The number of ether oxygens (including phenoxy) is 2. The number of nitrogens with zero attached hydrogens (tertiary/aromatic N) is 6. The van der Waals surface area contributed by atoms with E-state index in [-0.39, 0.29) is 34.5 Å². The van der Waals surface area contributed by atoms with Gasteiger partial charge in [0.25, 0.3) is 11.8 Å². The number of anilines is 2. The van der Waals surface area contributed by atoms with Gasteiger partial charge in [0.05, 0.1) is 36.5 Å². The van der Waals surface area contributed by atoms with Gasteiger partial charge in [0.2, 0.25) is 11.7 Å². The van der Waals surface area contributed by atoms with Crippen LogP contribution in [0.3, 0.4) is 0 Å². The summed E-state index contributed by atoms with van der Waals surface area (Å²) in [5.74, 6) is -8.17. The Hall–Kier alpha value is -5.20. The molecular weight excluding hydrogens is 704 g/mol. The van der Waals surface area contributed by atoms with Gasteiger partial charge >= 0.3 is 24.2 Å². The lowest BCUT2D eigenvalue weighted by Gasteiger charge is -2.31. The predicted octanol–water partition coefficient (Wildman–Crippen LogP) is 6.24. The molecule has 3 aliphatic rings. The predicted molar refractivity (Wildman–Crippen MR) is 167 cm³/mol. The Morgan fingerprint density at radius 1 is 1.10 bits per heavy atom. The van der Waals surface area contributed by atoms with E-state index in [4.69, 9.17) is 13.9 Å². The molecule has 1 aliphatic carbocycles. The molecule has 2 aromatic carbocycles. The number of morpholine rings is 1. The maximum Gasteiger partial charge on any atom is 0.471 e. The number of hydrogen-bond acceptors (Lipinski definition) is 11. The first kappa shape index (κ1) is 35.2. The van der Waals surface area contributed by atoms with Crippen molar-refractivity contribution in [3.63, 3.8) is 0 Å². The zero-order valence-electron chi connectivity index (χ0n) is 27.9. The summed E-state index contributed by atoms with van der Waals surface area (Å²) in [6, 6.07) is 5.39. The van der Waals surface area contributed by atoms with Gasteiger partial charge in [-0.15, -0.1) is 5.10 Å². The molecule has 1 atom stereocenters. The highest BCUT2D eigenvalue weighted by Crippen LogP contribution is 2.46. The lowest BCUT2D eigenvalue weighted by Crippen LogP contribution is -2.49. The minimum Gasteiger partial charge on any atom is -0.444 e. The molecule has 13 nitrogen and oxygen atoms in total. The van der Waals surface area contributed by atoms with E-state index in [1.807, 2.05) is 0 Å². The fourth-order valence-electron chi connectivity index (χ4n) is 6.03. The van der Waals surface area contributed by atoms with Crippen molar-refractivity contribution in [3.8, 4) is 22.8 Å². The molecule has 0 bridgehead atoms. The Bertz CT molecular complexity index is 2000. The summed E-state index contributed by atoms with van der Waals surface area (Å²) in [6.07, 6.45) is -5.48. The van der Waals surface area contributed by atoms with Crippen molar-refractivity contribution in [2.45, 2.75) is 75.9 Å². The van der Waals surface area contributed by atoms with E-state index >= 15 is 13.2 Å². The molecule has 1 saturated heterocycles. The first-order valence-corrected chi connectivity index (χ1v) is 16.2. The Morgan fingerprint density at radius 3 is 2.48 bits per heavy atom. The van der Waals surface area contributed by atoms with E-state index < -0.39 is 71.7 Å². The Labute approximate surface area is 291 Å². The van der Waals surface area contributed by atoms with Crippen molar-refractivity contribution in [3.05, 3.63) is 59.2 Å². The molecule has 2 amide bonds. The van der Waals surface area contributed by atoms with Crippen LogP contribution in [0.5, 0.6) is 0 Å². The van der Waals surface area contributed by atoms with Crippen LogP contribution in [0.1, 0.15) is 57.1 Å². The quantitative estimate of drug-likeness (QED) is 0.225. The van der Waals surface area contributed by atoms with Crippen LogP contribution in [0.15, 0.2) is 45.3 Å². The largest absolute Gasteiger partial charge is 0.471 e. The monoisotopic (exact) mass is 735 g/mol. The van der Waals surface area contributed by atoms with Crippen LogP contribution >= 0.6 is 0 Å². The molecule has 4 aromatic rings. The first-order valence-electron chi connectivity index (χ1n) is 16.2. The number of fused-ring (bicyclic) bond motifs is 1. The van der Waals surface area contributed by atoms with Gasteiger partial charge in [0, 0.05) is 24.1 Å². The zero-order chi connectivity index (χ0) is 37.2. The lowest BCUT2D eigenvalue weighted by atomic mass is 9.99. The molecule has 276 valence electrons. The Kier molecular flexibility index (Phi) is 8.46. The average Bonchev–Trinajstić information content (AvgIpc) is 3.43. The molecule has 19 heteroatoms. The molecular formula is C33H31F6N7O6. The van der Waals surface area contributed by atoms with Gasteiger partial charge in [-0.1, -0.05) is 34.5 Å². The highest BCUT2D eigenvalue weighted by molar-refractivity contribution is 6.01. The minimum atomic E-state index is -4.86. The number of halogens is 6. The minimum absolute atomic E-state index is 0.0860. The van der Waals surface area contributed by atoms with Gasteiger partial charge in [-0.3, -0.25) is 4.79 Å². The molecule has 1 saturated carbocycles. The van der Waals surface area contributed by atoms with E-state index in [2.05, 4.69) is 30.2 Å². The van der Waals surface area contributed by atoms with Crippen molar-refractivity contribution >= 4 is 23.7 Å². The van der Waals surface area contributed by atoms with Crippen LogP contribution in [0.2, 0.25) is 0 Å². The number of amides is 2. The van der Waals surface area contributed by atoms with Crippen molar-refractivity contribution in [2.24, 2.45) is 0 Å². The fraction of sp³-hybridized carbons (Fsp3) is 0.455. The van der Waals surface area contributed by atoms with Crippen molar-refractivity contribution in [1.29, 1.82) is 0 Å². The SMILES string of the molecule is CC(C)(C)OC(=O)NC1CC(F)(F)c2cc(F)c(-c3nnc(N4CCOC5(CC5)C4)o3)cc2N(Cc2ccc(-c3noc(C(F)(F)F)n3)cc2)C1=O. The summed E-state index contributed by atoms with van der Waals surface area (Å²) in [5, 5.41) is 13.6. The second-order valence-electron chi connectivity index (χ2n) is 13.8. The van der Waals surface area contributed by atoms with Crippen LogP contribution in [0.25, 0.3) is 22.8 Å². The van der Waals surface area contributed by atoms with Gasteiger partial charge in [-0.2, -0.15) is 18.2 Å². The molecule has 1 spiro atoms. The number of hydrogen-bond donors (Lipinski definition) is 1. The third-order valence-electron chi connectivity index (χ3n) is 8.68. The Morgan fingerprint density at radius 2 is 1.83 bits per heavy atom. The van der Waals surface area contributed by atoms with Crippen LogP contribution in [-0.4, -0.2) is 69.3 Å². The van der Waals surface area contributed by atoms with E-state index in [9.17, 15) is 22.8 Å². The molecule has 2 aromatic heterocycles. The van der Waals surface area contributed by atoms with Crippen molar-refractivity contribution in [1.82, 2.24) is 25.7 Å². The summed E-state index contributed by atoms with van der Waals surface area (Å²) < 4.78 is 108. The molecule has 2 aliphatic heterocycles. The lowest BCUT2D eigenvalue weighted by molar-refractivity contribution is -0.159. The van der Waals surface area contributed by atoms with Crippen LogP contribution in [0, 0.1) is 5.82 Å². The van der Waals surface area contributed by atoms with E-state index in [0.717, 1.165) is 23.8 Å². The third kappa shape index (κ3) is 7.13. The third-order valence-corrected chi connectivity index (χ3v) is 8.68. The van der Waals surface area contributed by atoms with Crippen LogP contribution in [-0.2, 0) is 32.9 Å². The van der Waals surface area contributed by atoms with Gasteiger partial charge < -0.3 is 33.5 Å². The van der Waals surface area contributed by atoms with Gasteiger partial charge in [-0.05, 0) is 51.3 Å². The van der Waals surface area contributed by atoms with E-state index in [1.54, 1.807) is 25.7 Å².